The molecule has 1 aliphatic heterocycles. The van der Waals surface area contributed by atoms with Gasteiger partial charge in [0.2, 0.25) is 5.01 Å². The van der Waals surface area contributed by atoms with Crippen LogP contribution in [0.5, 0.6) is 0 Å². The van der Waals surface area contributed by atoms with Gasteiger partial charge in [-0.1, -0.05) is 11.3 Å². The minimum absolute atomic E-state index is 0.127. The first-order valence-electron chi connectivity index (χ1n) is 10.9. The molecule has 0 bridgehead atoms. The van der Waals surface area contributed by atoms with Gasteiger partial charge in [-0.15, -0.1) is 10.2 Å². The Balaban J connectivity index is 1.50. The second kappa shape index (κ2) is 9.17. The number of hydrogen-bond acceptors (Lipinski definition) is 9. The van der Waals surface area contributed by atoms with Gasteiger partial charge in [0.15, 0.2) is 5.01 Å². The van der Waals surface area contributed by atoms with Gasteiger partial charge in [0.1, 0.15) is 6.07 Å². The Morgan fingerprint density at radius 3 is 2.79 bits per heavy atom. The molecule has 34 heavy (non-hydrogen) atoms. The Labute approximate surface area is 199 Å². The quantitative estimate of drug-likeness (QED) is 0.468. The highest BCUT2D eigenvalue weighted by atomic mass is 32.1. The molecular formula is C23H22N8O2S. The number of aromatic nitrogens is 5. The molecule has 0 spiro atoms. The summed E-state index contributed by atoms with van der Waals surface area (Å²) in [7, 11) is 0. The van der Waals surface area contributed by atoms with E-state index in [9.17, 15) is 4.79 Å². The van der Waals surface area contributed by atoms with Crippen molar-refractivity contribution in [3.8, 4) is 28.0 Å². The maximum Gasteiger partial charge on any atom is 0.285 e. The molecule has 1 amide bonds. The smallest absolute Gasteiger partial charge is 0.285 e. The van der Waals surface area contributed by atoms with Crippen molar-refractivity contribution in [1.82, 2.24) is 29.7 Å². The van der Waals surface area contributed by atoms with Gasteiger partial charge in [0, 0.05) is 31.0 Å². The molecule has 4 aromatic heterocycles. The molecule has 0 aromatic carbocycles. The van der Waals surface area contributed by atoms with Crippen LogP contribution in [0.4, 0.5) is 5.69 Å². The number of carbonyl (C=O) groups excluding carboxylic acids is 1. The first-order chi connectivity index (χ1) is 16.5. The van der Waals surface area contributed by atoms with E-state index < -0.39 is 0 Å². The zero-order valence-corrected chi connectivity index (χ0v) is 19.5. The second-order valence-corrected chi connectivity index (χ2v) is 9.12. The number of hydrogen-bond donors (Lipinski definition) is 1. The number of anilines is 1. The van der Waals surface area contributed by atoms with E-state index in [0.717, 1.165) is 28.2 Å². The zero-order valence-electron chi connectivity index (χ0n) is 18.7. The first-order valence-corrected chi connectivity index (χ1v) is 11.7. The molecular weight excluding hydrogens is 452 g/mol. The number of pyridine rings is 1. The van der Waals surface area contributed by atoms with E-state index >= 15 is 0 Å². The number of carbonyl (C=O) groups is 1. The normalized spacial score (nSPS) is 13.9. The summed E-state index contributed by atoms with van der Waals surface area (Å²) in [6, 6.07) is 9.83. The molecule has 1 aliphatic rings. The van der Waals surface area contributed by atoms with E-state index in [2.05, 4.69) is 45.5 Å². The number of ether oxygens (including phenoxy) is 1. The Morgan fingerprint density at radius 1 is 1.21 bits per heavy atom. The van der Waals surface area contributed by atoms with Gasteiger partial charge >= 0.3 is 0 Å². The summed E-state index contributed by atoms with van der Waals surface area (Å²) >= 11 is 1.26. The molecule has 11 heteroatoms. The molecule has 172 valence electrons. The number of fused-ring (bicyclic) bond motifs is 1. The van der Waals surface area contributed by atoms with Crippen LogP contribution in [0.2, 0.25) is 0 Å². The Kier molecular flexibility index (Phi) is 5.91. The highest BCUT2D eigenvalue weighted by Gasteiger charge is 2.24. The molecule has 1 N–H and O–H groups in total. The number of nitrogens with zero attached hydrogens (tertiary/aromatic N) is 7. The molecule has 5 rings (SSSR count). The fraction of sp³-hybridized carbons (Fsp3) is 0.304. The summed E-state index contributed by atoms with van der Waals surface area (Å²) in [5.74, 6) is -0.127. The van der Waals surface area contributed by atoms with Crippen molar-refractivity contribution in [3.05, 3.63) is 47.2 Å². The number of amides is 1. The fourth-order valence-electron chi connectivity index (χ4n) is 3.77. The van der Waals surface area contributed by atoms with Crippen molar-refractivity contribution in [2.75, 3.05) is 31.6 Å². The second-order valence-electron chi connectivity index (χ2n) is 8.14. The lowest BCUT2D eigenvalue weighted by molar-refractivity contribution is 0.0302. The van der Waals surface area contributed by atoms with E-state index in [1.54, 1.807) is 21.7 Å². The lowest BCUT2D eigenvalue weighted by Gasteiger charge is -2.25. The van der Waals surface area contributed by atoms with Crippen LogP contribution in [0.15, 0.2) is 36.7 Å². The highest BCUT2D eigenvalue weighted by molar-refractivity contribution is 7.16. The minimum Gasteiger partial charge on any atom is -0.382 e. The van der Waals surface area contributed by atoms with E-state index in [0.29, 0.717) is 41.9 Å². The first kappa shape index (κ1) is 21.9. The average Bonchev–Trinajstić information content (AvgIpc) is 3.51. The third-order valence-corrected chi connectivity index (χ3v) is 6.32. The van der Waals surface area contributed by atoms with Crippen LogP contribution in [0.25, 0.3) is 27.5 Å². The average molecular weight is 475 g/mol. The standard InChI is InChI=1S/C23H22N8O2S/c1-14(2)27-18-10-19(20-4-3-16-9-15(11-24)12-26-31(16)20)25-13-17(18)21-28-29-22(34-21)23(32)30-5-7-33-8-6-30/h3-4,9-10,12-14H,5-8H2,1-2H3,(H,25,27). The largest absolute Gasteiger partial charge is 0.382 e. The molecule has 0 unspecified atom stereocenters. The summed E-state index contributed by atoms with van der Waals surface area (Å²) in [6.45, 7) is 6.28. The van der Waals surface area contributed by atoms with Crippen LogP contribution in [-0.4, -0.2) is 67.9 Å². The summed E-state index contributed by atoms with van der Waals surface area (Å²) in [6.07, 6.45) is 3.28. The van der Waals surface area contributed by atoms with E-state index in [-0.39, 0.29) is 11.9 Å². The van der Waals surface area contributed by atoms with Crippen LogP contribution >= 0.6 is 11.3 Å². The summed E-state index contributed by atoms with van der Waals surface area (Å²) in [5, 5.41) is 26.4. The van der Waals surface area contributed by atoms with E-state index in [1.807, 2.05) is 18.2 Å². The Hall–Kier alpha value is -3.88. The monoisotopic (exact) mass is 474 g/mol. The molecule has 0 atom stereocenters. The van der Waals surface area contributed by atoms with Crippen molar-refractivity contribution < 1.29 is 9.53 Å². The maximum absolute atomic E-state index is 12.8. The Bertz CT molecular complexity index is 1400. The lowest BCUT2D eigenvalue weighted by Crippen LogP contribution is -2.40. The number of rotatable bonds is 5. The molecule has 0 radical (unpaired) electrons. The van der Waals surface area contributed by atoms with Crippen molar-refractivity contribution in [2.45, 2.75) is 19.9 Å². The van der Waals surface area contributed by atoms with Crippen LogP contribution < -0.4 is 5.32 Å². The molecule has 1 fully saturated rings. The number of morpholine rings is 1. The van der Waals surface area contributed by atoms with Crippen molar-refractivity contribution in [3.63, 3.8) is 0 Å². The maximum atomic E-state index is 12.8. The molecule has 10 nitrogen and oxygen atoms in total. The predicted octanol–water partition coefficient (Wildman–Crippen LogP) is 3.08. The summed E-state index contributed by atoms with van der Waals surface area (Å²) in [4.78, 5) is 19.2. The molecule has 4 aromatic rings. The molecule has 1 saturated heterocycles. The van der Waals surface area contributed by atoms with E-state index in [1.165, 1.54) is 17.5 Å². The highest BCUT2D eigenvalue weighted by Crippen LogP contribution is 2.34. The van der Waals surface area contributed by atoms with Crippen LogP contribution in [-0.2, 0) is 4.74 Å². The minimum atomic E-state index is -0.127. The van der Waals surface area contributed by atoms with E-state index in [4.69, 9.17) is 10.00 Å². The fourth-order valence-corrected chi connectivity index (χ4v) is 4.61. The third-order valence-electron chi connectivity index (χ3n) is 5.38. The topological polar surface area (TPSA) is 121 Å². The number of nitrogens with one attached hydrogen (secondary N) is 1. The Morgan fingerprint density at radius 2 is 2.03 bits per heavy atom. The van der Waals surface area contributed by atoms with Gasteiger partial charge in [-0.3, -0.25) is 9.78 Å². The lowest BCUT2D eigenvalue weighted by atomic mass is 10.1. The predicted molar refractivity (Wildman–Crippen MR) is 128 cm³/mol. The van der Waals surface area contributed by atoms with Gasteiger partial charge in [0.05, 0.1) is 47.4 Å². The third kappa shape index (κ3) is 4.21. The molecule has 0 saturated carbocycles. The van der Waals surface area contributed by atoms with Crippen molar-refractivity contribution in [1.29, 1.82) is 5.26 Å². The van der Waals surface area contributed by atoms with Crippen molar-refractivity contribution in [2.24, 2.45) is 0 Å². The van der Waals surface area contributed by atoms with Gasteiger partial charge in [-0.2, -0.15) is 10.4 Å². The van der Waals surface area contributed by atoms with Crippen LogP contribution in [0.3, 0.4) is 0 Å². The van der Waals surface area contributed by atoms with Gasteiger partial charge in [-0.05, 0) is 38.1 Å². The van der Waals surface area contributed by atoms with Crippen molar-refractivity contribution >= 4 is 28.4 Å². The molecule has 0 aliphatic carbocycles. The molecule has 5 heterocycles. The summed E-state index contributed by atoms with van der Waals surface area (Å²) < 4.78 is 7.09. The summed E-state index contributed by atoms with van der Waals surface area (Å²) in [5.41, 5.74) is 4.45. The van der Waals surface area contributed by atoms with Gasteiger partial charge < -0.3 is 15.0 Å². The number of nitriles is 1. The zero-order chi connectivity index (χ0) is 23.7. The van der Waals surface area contributed by atoms with Crippen LogP contribution in [0, 0.1) is 11.3 Å². The van der Waals surface area contributed by atoms with Gasteiger partial charge in [0.25, 0.3) is 5.91 Å². The van der Waals surface area contributed by atoms with Crippen LogP contribution in [0.1, 0.15) is 29.2 Å². The van der Waals surface area contributed by atoms with Gasteiger partial charge in [-0.25, -0.2) is 4.52 Å². The SMILES string of the molecule is CC(C)Nc1cc(-c2ccc3cc(C#N)cnn23)ncc1-c1nnc(C(=O)N2CCOCC2)s1.